The minimum atomic E-state index is -0.537. The fourth-order valence-corrected chi connectivity index (χ4v) is 2.44. The van der Waals surface area contributed by atoms with Gasteiger partial charge < -0.3 is 10.6 Å². The first kappa shape index (κ1) is 17.7. The van der Waals surface area contributed by atoms with Gasteiger partial charge >= 0.3 is 0 Å². The molecule has 2 aromatic rings. The Hall–Kier alpha value is -2.62. The van der Waals surface area contributed by atoms with Gasteiger partial charge in [-0.15, -0.1) is 0 Å². The van der Waals surface area contributed by atoms with Gasteiger partial charge in [-0.3, -0.25) is 9.59 Å². The number of carbonyl (C=O) groups is 2. The van der Waals surface area contributed by atoms with Crippen LogP contribution in [0.5, 0.6) is 0 Å². The standard InChI is InChI=1S/C20H24N2O2/c1-15(2)19(20(24)21-14-17-11-7-4-8-12-17)22-18(23)13-16-9-5-3-6-10-16/h3-12,15,19H,13-14H2,1-2H3,(H,21,24)(H,22,23)/t19-/m1/s1. The minimum Gasteiger partial charge on any atom is -0.350 e. The lowest BCUT2D eigenvalue weighted by Gasteiger charge is -2.22. The lowest BCUT2D eigenvalue weighted by Crippen LogP contribution is -2.49. The average molecular weight is 324 g/mol. The van der Waals surface area contributed by atoms with Crippen LogP contribution in [-0.4, -0.2) is 17.9 Å². The van der Waals surface area contributed by atoms with Crippen LogP contribution in [0.4, 0.5) is 0 Å². The number of carbonyl (C=O) groups excluding carboxylic acids is 2. The molecule has 2 N–H and O–H groups in total. The van der Waals surface area contributed by atoms with Crippen molar-refractivity contribution >= 4 is 11.8 Å². The first-order valence-corrected chi connectivity index (χ1v) is 8.21. The van der Waals surface area contributed by atoms with E-state index in [0.717, 1.165) is 11.1 Å². The molecule has 0 unspecified atom stereocenters. The fraction of sp³-hybridized carbons (Fsp3) is 0.300. The SMILES string of the molecule is CC(C)[C@@H](NC(=O)Cc1ccccc1)C(=O)NCc1ccccc1. The van der Waals surface area contributed by atoms with Gasteiger partial charge in [0.2, 0.25) is 11.8 Å². The average Bonchev–Trinajstić information content (AvgIpc) is 2.59. The summed E-state index contributed by atoms with van der Waals surface area (Å²) in [7, 11) is 0. The van der Waals surface area contributed by atoms with Crippen LogP contribution >= 0.6 is 0 Å². The van der Waals surface area contributed by atoms with Crippen molar-refractivity contribution in [3.05, 3.63) is 71.8 Å². The van der Waals surface area contributed by atoms with Crippen molar-refractivity contribution in [1.29, 1.82) is 0 Å². The molecule has 126 valence electrons. The molecule has 2 amide bonds. The molecule has 0 aliphatic carbocycles. The van der Waals surface area contributed by atoms with Crippen molar-refractivity contribution < 1.29 is 9.59 Å². The molecular weight excluding hydrogens is 300 g/mol. The van der Waals surface area contributed by atoms with E-state index in [1.807, 2.05) is 74.5 Å². The Balaban J connectivity index is 1.90. The second kappa shape index (κ2) is 8.87. The highest BCUT2D eigenvalue weighted by atomic mass is 16.2. The first-order chi connectivity index (χ1) is 11.6. The van der Waals surface area contributed by atoms with E-state index in [2.05, 4.69) is 10.6 Å². The van der Waals surface area contributed by atoms with Crippen molar-refractivity contribution in [3.8, 4) is 0 Å². The van der Waals surface area contributed by atoms with E-state index in [0.29, 0.717) is 6.54 Å². The zero-order valence-electron chi connectivity index (χ0n) is 14.2. The summed E-state index contributed by atoms with van der Waals surface area (Å²) in [6, 6.07) is 18.7. The van der Waals surface area contributed by atoms with Crippen LogP contribution in [0.2, 0.25) is 0 Å². The maximum atomic E-state index is 12.4. The Kier molecular flexibility index (Phi) is 6.55. The van der Waals surface area contributed by atoms with Crippen molar-refractivity contribution in [2.45, 2.75) is 32.9 Å². The summed E-state index contributed by atoms with van der Waals surface area (Å²) in [4.78, 5) is 24.6. The number of rotatable bonds is 7. The maximum Gasteiger partial charge on any atom is 0.243 e. The molecule has 0 heterocycles. The van der Waals surface area contributed by atoms with Crippen LogP contribution in [0.1, 0.15) is 25.0 Å². The highest BCUT2D eigenvalue weighted by Crippen LogP contribution is 2.05. The molecule has 0 saturated heterocycles. The van der Waals surface area contributed by atoms with Gasteiger partial charge in [0.25, 0.3) is 0 Å². The van der Waals surface area contributed by atoms with Crippen LogP contribution in [0.3, 0.4) is 0 Å². The van der Waals surface area contributed by atoms with E-state index in [1.54, 1.807) is 0 Å². The smallest absolute Gasteiger partial charge is 0.243 e. The van der Waals surface area contributed by atoms with Gasteiger partial charge in [0.1, 0.15) is 6.04 Å². The Morgan fingerprint density at radius 2 is 1.42 bits per heavy atom. The molecule has 0 saturated carbocycles. The molecular formula is C20H24N2O2. The lowest BCUT2D eigenvalue weighted by atomic mass is 10.0. The molecule has 24 heavy (non-hydrogen) atoms. The van der Waals surface area contributed by atoms with Gasteiger partial charge in [-0.2, -0.15) is 0 Å². The summed E-state index contributed by atoms with van der Waals surface area (Å²) in [6.07, 6.45) is 0.274. The number of hydrogen-bond acceptors (Lipinski definition) is 2. The van der Waals surface area contributed by atoms with E-state index in [4.69, 9.17) is 0 Å². The summed E-state index contributed by atoms with van der Waals surface area (Å²) in [5.74, 6) is -0.287. The van der Waals surface area contributed by atoms with Gasteiger partial charge in [-0.05, 0) is 17.0 Å². The van der Waals surface area contributed by atoms with Crippen LogP contribution in [-0.2, 0) is 22.6 Å². The van der Waals surface area contributed by atoms with E-state index in [-0.39, 0.29) is 24.2 Å². The largest absolute Gasteiger partial charge is 0.350 e. The van der Waals surface area contributed by atoms with Crippen LogP contribution in [0.25, 0.3) is 0 Å². The quantitative estimate of drug-likeness (QED) is 0.823. The Morgan fingerprint density at radius 1 is 0.875 bits per heavy atom. The summed E-state index contributed by atoms with van der Waals surface area (Å²) in [5, 5.41) is 5.75. The topological polar surface area (TPSA) is 58.2 Å². The van der Waals surface area contributed by atoms with E-state index in [9.17, 15) is 9.59 Å². The number of amides is 2. The number of benzene rings is 2. The van der Waals surface area contributed by atoms with Crippen molar-refractivity contribution in [1.82, 2.24) is 10.6 Å². The monoisotopic (exact) mass is 324 g/mol. The Morgan fingerprint density at radius 3 is 1.96 bits per heavy atom. The second-order valence-corrected chi connectivity index (χ2v) is 6.15. The fourth-order valence-electron chi connectivity index (χ4n) is 2.44. The van der Waals surface area contributed by atoms with Crippen LogP contribution < -0.4 is 10.6 Å². The highest BCUT2D eigenvalue weighted by molar-refractivity contribution is 5.88. The molecule has 0 fully saturated rings. The summed E-state index contributed by atoms with van der Waals surface area (Å²) in [6.45, 7) is 4.31. The molecule has 0 aromatic heterocycles. The van der Waals surface area contributed by atoms with Gasteiger partial charge in [-0.1, -0.05) is 74.5 Å². The normalized spacial score (nSPS) is 11.8. The van der Waals surface area contributed by atoms with E-state index >= 15 is 0 Å². The molecule has 0 bridgehead atoms. The molecule has 4 nitrogen and oxygen atoms in total. The van der Waals surface area contributed by atoms with Crippen molar-refractivity contribution in [2.24, 2.45) is 5.92 Å². The summed E-state index contributed by atoms with van der Waals surface area (Å²) >= 11 is 0. The number of hydrogen-bond donors (Lipinski definition) is 2. The van der Waals surface area contributed by atoms with Crippen LogP contribution in [0, 0.1) is 5.92 Å². The second-order valence-electron chi connectivity index (χ2n) is 6.15. The van der Waals surface area contributed by atoms with E-state index < -0.39 is 6.04 Å². The first-order valence-electron chi connectivity index (χ1n) is 8.21. The third-order valence-electron chi connectivity index (χ3n) is 3.78. The van der Waals surface area contributed by atoms with Crippen LogP contribution in [0.15, 0.2) is 60.7 Å². The predicted molar refractivity (Wildman–Crippen MR) is 95.2 cm³/mol. The molecule has 1 atom stereocenters. The molecule has 0 spiro atoms. The van der Waals surface area contributed by atoms with Gasteiger partial charge in [0.15, 0.2) is 0 Å². The highest BCUT2D eigenvalue weighted by Gasteiger charge is 2.23. The molecule has 4 heteroatoms. The third-order valence-corrected chi connectivity index (χ3v) is 3.78. The maximum absolute atomic E-state index is 12.4. The zero-order valence-corrected chi connectivity index (χ0v) is 14.2. The molecule has 0 radical (unpaired) electrons. The minimum absolute atomic E-state index is 0.0143. The summed E-state index contributed by atoms with van der Waals surface area (Å²) < 4.78 is 0. The van der Waals surface area contributed by atoms with Crippen molar-refractivity contribution in [2.75, 3.05) is 0 Å². The Bertz CT molecular complexity index is 654. The zero-order chi connectivity index (χ0) is 17.4. The molecule has 0 aliphatic heterocycles. The molecule has 2 rings (SSSR count). The van der Waals surface area contributed by atoms with Crippen molar-refractivity contribution in [3.63, 3.8) is 0 Å². The Labute approximate surface area is 143 Å². The predicted octanol–water partition coefficient (Wildman–Crippen LogP) is 2.69. The molecule has 2 aromatic carbocycles. The van der Waals surface area contributed by atoms with Gasteiger partial charge in [0.05, 0.1) is 6.42 Å². The lowest BCUT2D eigenvalue weighted by molar-refractivity contribution is -0.129. The van der Waals surface area contributed by atoms with Gasteiger partial charge in [-0.25, -0.2) is 0 Å². The van der Waals surface area contributed by atoms with E-state index in [1.165, 1.54) is 0 Å². The van der Waals surface area contributed by atoms with Gasteiger partial charge in [0, 0.05) is 6.54 Å². The molecule has 0 aliphatic rings. The third kappa shape index (κ3) is 5.54. The number of nitrogens with one attached hydrogen (secondary N) is 2. The summed E-state index contributed by atoms with van der Waals surface area (Å²) in [5.41, 5.74) is 1.96.